The van der Waals surface area contributed by atoms with Crippen LogP contribution in [0.2, 0.25) is 0 Å². The third-order valence-electron chi connectivity index (χ3n) is 2.37. The van der Waals surface area contributed by atoms with Crippen LogP contribution >= 0.6 is 11.8 Å². The maximum Gasteiger partial charge on any atom is 0.313 e. The van der Waals surface area contributed by atoms with E-state index in [1.807, 2.05) is 29.1 Å². The fourth-order valence-corrected chi connectivity index (χ4v) is 2.23. The molecule has 2 rings (SSSR count). The van der Waals surface area contributed by atoms with Crippen LogP contribution in [0, 0.1) is 0 Å². The monoisotopic (exact) mass is 263 g/mol. The zero-order chi connectivity index (χ0) is 12.8. The summed E-state index contributed by atoms with van der Waals surface area (Å²) in [6.07, 6.45) is 7.98. The van der Waals surface area contributed by atoms with Gasteiger partial charge in [-0.15, -0.1) is 0 Å². The van der Waals surface area contributed by atoms with E-state index in [4.69, 9.17) is 5.11 Å². The number of hydrogen-bond acceptors (Lipinski definition) is 4. The molecule has 2 aromatic heterocycles. The van der Waals surface area contributed by atoms with Gasteiger partial charge < -0.3 is 9.67 Å². The summed E-state index contributed by atoms with van der Waals surface area (Å²) in [6, 6.07) is 3.93. The van der Waals surface area contributed by atoms with Crippen molar-refractivity contribution in [2.24, 2.45) is 0 Å². The number of aryl methyl sites for hydroxylation is 2. The van der Waals surface area contributed by atoms with Crippen LogP contribution in [0.4, 0.5) is 0 Å². The molecular formula is C12H13N3O2S. The van der Waals surface area contributed by atoms with Crippen molar-refractivity contribution in [3.8, 4) is 0 Å². The summed E-state index contributed by atoms with van der Waals surface area (Å²) in [5.41, 5.74) is 1.15. The Morgan fingerprint density at radius 1 is 1.44 bits per heavy atom. The van der Waals surface area contributed by atoms with Gasteiger partial charge in [0.25, 0.3) is 0 Å². The maximum atomic E-state index is 10.5. The summed E-state index contributed by atoms with van der Waals surface area (Å²) < 4.78 is 1.96. The van der Waals surface area contributed by atoms with E-state index < -0.39 is 5.97 Å². The zero-order valence-electron chi connectivity index (χ0n) is 9.69. The zero-order valence-corrected chi connectivity index (χ0v) is 10.5. The second kappa shape index (κ2) is 6.20. The van der Waals surface area contributed by atoms with Crippen molar-refractivity contribution in [3.05, 3.63) is 42.5 Å². The van der Waals surface area contributed by atoms with E-state index in [1.54, 1.807) is 12.4 Å². The Hall–Kier alpha value is -1.82. The van der Waals surface area contributed by atoms with Crippen molar-refractivity contribution in [3.63, 3.8) is 0 Å². The molecule has 0 amide bonds. The molecule has 5 nitrogen and oxygen atoms in total. The third kappa shape index (κ3) is 3.59. The average Bonchev–Trinajstić information content (AvgIpc) is 2.82. The van der Waals surface area contributed by atoms with Gasteiger partial charge in [0.05, 0.1) is 5.75 Å². The number of pyridine rings is 1. The van der Waals surface area contributed by atoms with E-state index in [-0.39, 0.29) is 5.75 Å². The number of carbonyl (C=O) groups is 1. The number of imidazole rings is 1. The Labute approximate surface area is 109 Å². The van der Waals surface area contributed by atoms with Crippen LogP contribution in [0.1, 0.15) is 5.56 Å². The highest BCUT2D eigenvalue weighted by Crippen LogP contribution is 2.15. The van der Waals surface area contributed by atoms with E-state index in [9.17, 15) is 4.79 Å². The van der Waals surface area contributed by atoms with Crippen LogP contribution < -0.4 is 0 Å². The molecule has 94 valence electrons. The second-order valence-corrected chi connectivity index (χ2v) is 4.64. The lowest BCUT2D eigenvalue weighted by molar-refractivity contribution is -0.133. The van der Waals surface area contributed by atoms with Crippen molar-refractivity contribution < 1.29 is 9.90 Å². The van der Waals surface area contributed by atoms with Gasteiger partial charge in [-0.25, -0.2) is 4.98 Å². The first-order valence-electron chi connectivity index (χ1n) is 5.50. The van der Waals surface area contributed by atoms with Crippen LogP contribution in [0.5, 0.6) is 0 Å². The summed E-state index contributed by atoms with van der Waals surface area (Å²) in [4.78, 5) is 18.7. The number of nitrogens with zero attached hydrogens (tertiary/aromatic N) is 3. The number of carboxylic acids is 1. The van der Waals surface area contributed by atoms with Crippen LogP contribution in [0.15, 0.2) is 42.1 Å². The lowest BCUT2D eigenvalue weighted by Gasteiger charge is -2.06. The molecule has 0 bridgehead atoms. The number of carboxylic acid groups (broad SMARTS) is 1. The van der Waals surface area contributed by atoms with Crippen LogP contribution in [-0.4, -0.2) is 31.4 Å². The van der Waals surface area contributed by atoms with Gasteiger partial charge in [0.1, 0.15) is 0 Å². The molecule has 18 heavy (non-hydrogen) atoms. The molecule has 0 fully saturated rings. The summed E-state index contributed by atoms with van der Waals surface area (Å²) >= 11 is 1.23. The standard InChI is InChI=1S/C12H13N3O2S/c16-11(17)9-18-12-14-5-7-15(12)6-3-10-2-1-4-13-8-10/h1-2,4-5,7-8H,3,6,9H2,(H,16,17). The molecule has 0 aliphatic carbocycles. The van der Waals surface area contributed by atoms with E-state index in [0.717, 1.165) is 23.7 Å². The van der Waals surface area contributed by atoms with Crippen molar-refractivity contribution in [2.45, 2.75) is 18.1 Å². The topological polar surface area (TPSA) is 68.0 Å². The van der Waals surface area contributed by atoms with Crippen molar-refractivity contribution in [1.29, 1.82) is 0 Å². The Morgan fingerprint density at radius 3 is 3.06 bits per heavy atom. The van der Waals surface area contributed by atoms with Gasteiger partial charge >= 0.3 is 5.97 Å². The molecule has 0 saturated heterocycles. The van der Waals surface area contributed by atoms with Gasteiger partial charge in [0, 0.05) is 31.3 Å². The summed E-state index contributed by atoms with van der Waals surface area (Å²) in [5, 5.41) is 9.38. The molecule has 1 N–H and O–H groups in total. The van der Waals surface area contributed by atoms with Crippen LogP contribution in [0.25, 0.3) is 0 Å². The van der Waals surface area contributed by atoms with Gasteiger partial charge in [-0.3, -0.25) is 9.78 Å². The lowest BCUT2D eigenvalue weighted by Crippen LogP contribution is -2.04. The van der Waals surface area contributed by atoms with Crippen molar-refractivity contribution in [2.75, 3.05) is 5.75 Å². The molecule has 0 aliphatic rings. The second-order valence-electron chi connectivity index (χ2n) is 3.70. The highest BCUT2D eigenvalue weighted by molar-refractivity contribution is 7.99. The number of thioether (sulfide) groups is 1. The summed E-state index contributed by atoms with van der Waals surface area (Å²) in [6.45, 7) is 0.771. The van der Waals surface area contributed by atoms with E-state index >= 15 is 0 Å². The minimum Gasteiger partial charge on any atom is -0.481 e. The summed E-state index contributed by atoms with van der Waals surface area (Å²) in [7, 11) is 0. The SMILES string of the molecule is O=C(O)CSc1nccn1CCc1cccnc1. The Kier molecular flexibility index (Phi) is 4.35. The normalized spacial score (nSPS) is 10.4. The molecule has 0 atom stereocenters. The first-order valence-corrected chi connectivity index (χ1v) is 6.49. The summed E-state index contributed by atoms with van der Waals surface area (Å²) in [5.74, 6) is -0.800. The van der Waals surface area contributed by atoms with Crippen LogP contribution in [0.3, 0.4) is 0 Å². The number of aromatic nitrogens is 3. The molecule has 2 aromatic rings. The molecule has 2 heterocycles. The first-order chi connectivity index (χ1) is 8.75. The Morgan fingerprint density at radius 2 is 2.33 bits per heavy atom. The van der Waals surface area contributed by atoms with Gasteiger partial charge in [0.2, 0.25) is 0 Å². The highest BCUT2D eigenvalue weighted by atomic mass is 32.2. The fraction of sp³-hybridized carbons (Fsp3) is 0.250. The predicted octanol–water partition coefficient (Wildman–Crippen LogP) is 1.70. The fourth-order valence-electron chi connectivity index (χ4n) is 1.53. The third-order valence-corrected chi connectivity index (χ3v) is 3.36. The number of aliphatic carboxylic acids is 1. The van der Waals surface area contributed by atoms with Crippen LogP contribution in [-0.2, 0) is 17.8 Å². The molecule has 0 radical (unpaired) electrons. The number of hydrogen-bond donors (Lipinski definition) is 1. The Balaban J connectivity index is 1.93. The van der Waals surface area contributed by atoms with E-state index in [0.29, 0.717) is 0 Å². The molecule has 0 aliphatic heterocycles. The molecule has 6 heteroatoms. The first kappa shape index (κ1) is 12.6. The molecule has 0 unspecified atom stereocenters. The quantitative estimate of drug-likeness (QED) is 0.803. The van der Waals surface area contributed by atoms with Gasteiger partial charge in [-0.1, -0.05) is 17.8 Å². The van der Waals surface area contributed by atoms with E-state index in [2.05, 4.69) is 9.97 Å². The number of rotatable bonds is 6. The van der Waals surface area contributed by atoms with Crippen molar-refractivity contribution >= 4 is 17.7 Å². The Bertz CT molecular complexity index is 513. The minimum atomic E-state index is -0.832. The molecular weight excluding hydrogens is 250 g/mol. The molecule has 0 saturated carbocycles. The van der Waals surface area contributed by atoms with E-state index in [1.165, 1.54) is 11.8 Å². The molecule has 0 spiro atoms. The predicted molar refractivity (Wildman–Crippen MR) is 68.5 cm³/mol. The van der Waals surface area contributed by atoms with Gasteiger partial charge in [0.15, 0.2) is 5.16 Å². The van der Waals surface area contributed by atoms with Gasteiger partial charge in [-0.05, 0) is 18.1 Å². The van der Waals surface area contributed by atoms with Crippen molar-refractivity contribution in [1.82, 2.24) is 14.5 Å². The van der Waals surface area contributed by atoms with Gasteiger partial charge in [-0.2, -0.15) is 0 Å². The minimum absolute atomic E-state index is 0.0317. The average molecular weight is 263 g/mol. The maximum absolute atomic E-state index is 10.5. The largest absolute Gasteiger partial charge is 0.481 e. The lowest BCUT2D eigenvalue weighted by atomic mass is 10.2. The molecule has 0 aromatic carbocycles. The highest BCUT2D eigenvalue weighted by Gasteiger charge is 2.06. The smallest absolute Gasteiger partial charge is 0.313 e.